The third-order valence-electron chi connectivity index (χ3n) is 1.75. The van der Waals surface area contributed by atoms with E-state index in [1.807, 2.05) is 0 Å². The van der Waals surface area contributed by atoms with E-state index in [-0.39, 0.29) is 12.5 Å². The lowest BCUT2D eigenvalue weighted by Gasteiger charge is -2.07. The first-order chi connectivity index (χ1) is 7.57. The van der Waals surface area contributed by atoms with Gasteiger partial charge in [0, 0.05) is 13.2 Å². The molecule has 0 fully saturated rings. The molecule has 1 aromatic carbocycles. The average Bonchev–Trinajstić information content (AvgIpc) is 2.25. The smallest absolute Gasteiger partial charge is 0.346 e. The Bertz CT molecular complexity index is 416. The Kier molecular flexibility index (Phi) is 3.78. The van der Waals surface area contributed by atoms with Crippen molar-refractivity contribution in [3.05, 3.63) is 33.9 Å². The molecule has 0 heterocycles. The Hall–Kier alpha value is -2.15. The number of nitrogens with zero attached hydrogens (tertiary/aromatic N) is 1. The number of carboxylic acid groups (broad SMARTS) is 1. The van der Waals surface area contributed by atoms with Crippen LogP contribution in [-0.2, 0) is 4.74 Å². The molecule has 1 aromatic rings. The van der Waals surface area contributed by atoms with Gasteiger partial charge < -0.3 is 14.6 Å². The number of nitro benzene ring substituents is 1. The molecule has 0 saturated heterocycles. The topological polar surface area (TPSA) is 98.9 Å². The van der Waals surface area contributed by atoms with Gasteiger partial charge >= 0.3 is 5.97 Å². The van der Waals surface area contributed by atoms with Gasteiger partial charge in [0.25, 0.3) is 5.69 Å². The van der Waals surface area contributed by atoms with Crippen LogP contribution in [0.25, 0.3) is 0 Å². The molecule has 0 aromatic heterocycles. The van der Waals surface area contributed by atoms with Gasteiger partial charge in [-0.05, 0) is 6.07 Å². The lowest BCUT2D eigenvalue weighted by Crippen LogP contribution is -2.08. The van der Waals surface area contributed by atoms with Crippen LogP contribution >= 0.6 is 0 Å². The Morgan fingerprint density at radius 1 is 1.56 bits per heavy atom. The van der Waals surface area contributed by atoms with Crippen molar-refractivity contribution in [1.29, 1.82) is 0 Å². The molecule has 86 valence electrons. The number of benzene rings is 1. The summed E-state index contributed by atoms with van der Waals surface area (Å²) in [6.45, 7) is -0.179. The molecule has 0 saturated carbocycles. The predicted molar refractivity (Wildman–Crippen MR) is 52.6 cm³/mol. The van der Waals surface area contributed by atoms with Crippen molar-refractivity contribution in [1.82, 2.24) is 0 Å². The van der Waals surface area contributed by atoms with Crippen molar-refractivity contribution < 1.29 is 24.3 Å². The first-order valence-corrected chi connectivity index (χ1v) is 4.20. The molecule has 7 heteroatoms. The second-order valence-electron chi connectivity index (χ2n) is 2.76. The van der Waals surface area contributed by atoms with Gasteiger partial charge in [0.1, 0.15) is 5.75 Å². The number of hydrogen-bond donors (Lipinski definition) is 1. The van der Waals surface area contributed by atoms with Crippen molar-refractivity contribution in [2.24, 2.45) is 0 Å². The summed E-state index contributed by atoms with van der Waals surface area (Å²) in [4.78, 5) is 20.7. The zero-order chi connectivity index (χ0) is 12.1. The Morgan fingerprint density at radius 3 is 2.75 bits per heavy atom. The number of nitro groups is 1. The molecular formula is C9H9NO6. The molecule has 0 aliphatic carbocycles. The average molecular weight is 227 g/mol. The van der Waals surface area contributed by atoms with Crippen molar-refractivity contribution in [2.45, 2.75) is 0 Å². The van der Waals surface area contributed by atoms with Crippen molar-refractivity contribution in [3.8, 4) is 5.75 Å². The monoisotopic (exact) mass is 227 g/mol. The second-order valence-corrected chi connectivity index (χ2v) is 2.76. The summed E-state index contributed by atoms with van der Waals surface area (Å²) in [5.74, 6) is -1.51. The van der Waals surface area contributed by atoms with Gasteiger partial charge in [-0.1, -0.05) is 6.07 Å². The molecule has 16 heavy (non-hydrogen) atoms. The SMILES string of the molecule is COCOc1cccc([N+](=O)[O-])c1C(=O)O. The van der Waals surface area contributed by atoms with Crippen LogP contribution in [0.4, 0.5) is 5.69 Å². The van der Waals surface area contributed by atoms with Gasteiger partial charge in [-0.15, -0.1) is 0 Å². The largest absolute Gasteiger partial charge is 0.477 e. The number of carboxylic acids is 1. The maximum atomic E-state index is 10.9. The number of ether oxygens (including phenoxy) is 2. The third kappa shape index (κ3) is 2.45. The molecule has 1 rings (SSSR count). The molecule has 0 unspecified atom stereocenters. The fourth-order valence-electron chi connectivity index (χ4n) is 1.13. The number of hydrogen-bond acceptors (Lipinski definition) is 5. The lowest BCUT2D eigenvalue weighted by atomic mass is 10.1. The number of carbonyl (C=O) groups is 1. The normalized spacial score (nSPS) is 9.81. The van der Waals surface area contributed by atoms with Gasteiger partial charge in [-0.3, -0.25) is 10.1 Å². The summed E-state index contributed by atoms with van der Waals surface area (Å²) in [6.07, 6.45) is 0. The summed E-state index contributed by atoms with van der Waals surface area (Å²) in [6, 6.07) is 3.77. The van der Waals surface area contributed by atoms with E-state index < -0.39 is 22.1 Å². The van der Waals surface area contributed by atoms with E-state index in [1.165, 1.54) is 19.2 Å². The van der Waals surface area contributed by atoms with Crippen LogP contribution < -0.4 is 4.74 Å². The maximum Gasteiger partial charge on any atom is 0.346 e. The van der Waals surface area contributed by atoms with E-state index in [0.717, 1.165) is 6.07 Å². The summed E-state index contributed by atoms with van der Waals surface area (Å²) in [5.41, 5.74) is -0.995. The van der Waals surface area contributed by atoms with Crippen LogP contribution in [0.2, 0.25) is 0 Å². The molecule has 0 aliphatic heterocycles. The quantitative estimate of drug-likeness (QED) is 0.462. The van der Waals surface area contributed by atoms with Gasteiger partial charge in [0.15, 0.2) is 12.4 Å². The van der Waals surface area contributed by atoms with Crippen LogP contribution in [0.5, 0.6) is 5.75 Å². The molecule has 7 nitrogen and oxygen atoms in total. The highest BCUT2D eigenvalue weighted by atomic mass is 16.7. The zero-order valence-electron chi connectivity index (χ0n) is 8.37. The molecular weight excluding hydrogens is 218 g/mol. The molecule has 0 radical (unpaired) electrons. The molecule has 0 spiro atoms. The maximum absolute atomic E-state index is 10.9. The van der Waals surface area contributed by atoms with Crippen molar-refractivity contribution in [3.63, 3.8) is 0 Å². The zero-order valence-corrected chi connectivity index (χ0v) is 8.37. The molecule has 0 aliphatic rings. The first-order valence-electron chi connectivity index (χ1n) is 4.20. The van der Waals surface area contributed by atoms with Gasteiger partial charge in [0.05, 0.1) is 4.92 Å². The van der Waals surface area contributed by atoms with Crippen LogP contribution in [0.3, 0.4) is 0 Å². The van der Waals surface area contributed by atoms with E-state index >= 15 is 0 Å². The minimum atomic E-state index is -1.42. The lowest BCUT2D eigenvalue weighted by molar-refractivity contribution is -0.385. The fourth-order valence-corrected chi connectivity index (χ4v) is 1.13. The van der Waals surface area contributed by atoms with Crippen molar-refractivity contribution in [2.75, 3.05) is 13.9 Å². The number of aromatic carboxylic acids is 1. The van der Waals surface area contributed by atoms with Gasteiger partial charge in [-0.2, -0.15) is 0 Å². The molecule has 0 amide bonds. The van der Waals surface area contributed by atoms with E-state index in [4.69, 9.17) is 9.84 Å². The minimum Gasteiger partial charge on any atom is -0.477 e. The van der Waals surface area contributed by atoms with Crippen molar-refractivity contribution >= 4 is 11.7 Å². The number of rotatable bonds is 5. The van der Waals surface area contributed by atoms with Crippen LogP contribution in [0.1, 0.15) is 10.4 Å². The Labute approximate surface area is 90.4 Å². The Balaban J connectivity index is 3.21. The summed E-state index contributed by atoms with van der Waals surface area (Å²) in [5, 5.41) is 19.5. The summed E-state index contributed by atoms with van der Waals surface area (Å²) in [7, 11) is 1.36. The van der Waals surface area contributed by atoms with Crippen LogP contribution in [0.15, 0.2) is 18.2 Å². The standard InChI is InChI=1S/C9H9NO6/c1-15-5-16-7-4-2-3-6(10(13)14)8(7)9(11)12/h2-4H,5H2,1H3,(H,11,12). The summed E-state index contributed by atoms with van der Waals surface area (Å²) < 4.78 is 9.53. The highest BCUT2D eigenvalue weighted by molar-refractivity contribution is 5.95. The highest BCUT2D eigenvalue weighted by Crippen LogP contribution is 2.28. The highest BCUT2D eigenvalue weighted by Gasteiger charge is 2.24. The van der Waals surface area contributed by atoms with E-state index in [0.29, 0.717) is 0 Å². The van der Waals surface area contributed by atoms with Gasteiger partial charge in [0.2, 0.25) is 0 Å². The summed E-state index contributed by atoms with van der Waals surface area (Å²) >= 11 is 0. The third-order valence-corrected chi connectivity index (χ3v) is 1.75. The first kappa shape index (κ1) is 11.9. The molecule has 0 bridgehead atoms. The minimum absolute atomic E-state index is 0.0939. The fraction of sp³-hybridized carbons (Fsp3) is 0.222. The van der Waals surface area contributed by atoms with E-state index in [9.17, 15) is 14.9 Å². The Morgan fingerprint density at radius 2 is 2.25 bits per heavy atom. The predicted octanol–water partition coefficient (Wildman–Crippen LogP) is 1.28. The van der Waals surface area contributed by atoms with Crippen LogP contribution in [0, 0.1) is 10.1 Å². The van der Waals surface area contributed by atoms with Gasteiger partial charge in [-0.25, -0.2) is 4.79 Å². The molecule has 1 N–H and O–H groups in total. The second kappa shape index (κ2) is 5.08. The van der Waals surface area contributed by atoms with E-state index in [1.54, 1.807) is 0 Å². The molecule has 0 atom stereocenters. The number of methoxy groups -OCH3 is 1. The van der Waals surface area contributed by atoms with Crippen LogP contribution in [-0.4, -0.2) is 29.9 Å². The van der Waals surface area contributed by atoms with E-state index in [2.05, 4.69) is 4.74 Å².